The van der Waals surface area contributed by atoms with Crippen LogP contribution in [0.3, 0.4) is 0 Å². The smallest absolute Gasteiger partial charge is 0.0523 e. The van der Waals surface area contributed by atoms with Gasteiger partial charge in [-0.05, 0) is 29.3 Å². The molecule has 0 radical (unpaired) electrons. The lowest BCUT2D eigenvalue weighted by Crippen LogP contribution is -2.10. The zero-order chi connectivity index (χ0) is 12.7. The van der Waals surface area contributed by atoms with Crippen molar-refractivity contribution in [2.75, 3.05) is 19.0 Å². The summed E-state index contributed by atoms with van der Waals surface area (Å²) >= 11 is 0. The van der Waals surface area contributed by atoms with Gasteiger partial charge in [0, 0.05) is 24.9 Å². The predicted octanol–water partition coefficient (Wildman–Crippen LogP) is 4.37. The second kappa shape index (κ2) is 4.02. The van der Waals surface area contributed by atoms with Crippen molar-refractivity contribution in [1.82, 2.24) is 0 Å². The molecule has 0 aliphatic heterocycles. The van der Waals surface area contributed by atoms with Gasteiger partial charge in [0.05, 0.1) is 5.69 Å². The summed E-state index contributed by atoms with van der Waals surface area (Å²) < 4.78 is 0. The second-order valence-electron chi connectivity index (χ2n) is 5.01. The van der Waals surface area contributed by atoms with Crippen LogP contribution in [-0.4, -0.2) is 14.1 Å². The molecule has 0 heterocycles. The number of anilines is 1. The van der Waals surface area contributed by atoms with Crippen LogP contribution in [-0.2, 0) is 0 Å². The van der Waals surface area contributed by atoms with Crippen molar-refractivity contribution in [3.8, 4) is 0 Å². The van der Waals surface area contributed by atoms with Gasteiger partial charge in [-0.1, -0.05) is 42.5 Å². The van der Waals surface area contributed by atoms with E-state index in [1.807, 2.05) is 0 Å². The Hall–Kier alpha value is -2.02. The number of fused-ring (bicyclic) bond motifs is 2. The molecule has 1 nitrogen and oxygen atoms in total. The highest BCUT2D eigenvalue weighted by Gasteiger charge is 2.10. The molecule has 0 saturated heterocycles. The molecular formula is C17H17N. The van der Waals surface area contributed by atoms with E-state index in [-0.39, 0.29) is 0 Å². The molecule has 0 spiro atoms. The van der Waals surface area contributed by atoms with Crippen molar-refractivity contribution in [2.24, 2.45) is 0 Å². The van der Waals surface area contributed by atoms with Gasteiger partial charge in [0.25, 0.3) is 0 Å². The van der Waals surface area contributed by atoms with Crippen molar-refractivity contribution >= 4 is 27.2 Å². The number of nitrogens with zero attached hydrogens (tertiary/aromatic N) is 1. The molecule has 0 bridgehead atoms. The fraction of sp³-hybridized carbons (Fsp3) is 0.176. The van der Waals surface area contributed by atoms with Crippen LogP contribution in [0.25, 0.3) is 21.5 Å². The first-order valence-electron chi connectivity index (χ1n) is 6.27. The number of aryl methyl sites for hydroxylation is 1. The molecular weight excluding hydrogens is 218 g/mol. The average Bonchev–Trinajstić information content (AvgIpc) is 2.36. The molecule has 0 atom stereocenters. The Kier molecular flexibility index (Phi) is 2.48. The van der Waals surface area contributed by atoms with Crippen LogP contribution in [0.2, 0.25) is 0 Å². The highest BCUT2D eigenvalue weighted by Crippen LogP contribution is 2.36. The van der Waals surface area contributed by atoms with Gasteiger partial charge in [-0.3, -0.25) is 0 Å². The van der Waals surface area contributed by atoms with Crippen LogP contribution in [0.4, 0.5) is 5.69 Å². The normalized spacial score (nSPS) is 11.1. The van der Waals surface area contributed by atoms with Crippen LogP contribution in [0.5, 0.6) is 0 Å². The first-order valence-corrected chi connectivity index (χ1v) is 6.27. The molecule has 0 unspecified atom stereocenters. The van der Waals surface area contributed by atoms with E-state index in [2.05, 4.69) is 74.4 Å². The predicted molar refractivity (Wildman–Crippen MR) is 80.5 cm³/mol. The fourth-order valence-electron chi connectivity index (χ4n) is 2.74. The molecule has 3 rings (SSSR count). The van der Waals surface area contributed by atoms with Gasteiger partial charge in [0.15, 0.2) is 0 Å². The Balaban J connectivity index is 2.60. The van der Waals surface area contributed by atoms with E-state index in [4.69, 9.17) is 0 Å². The zero-order valence-corrected chi connectivity index (χ0v) is 11.1. The minimum Gasteiger partial charge on any atom is -0.377 e. The molecule has 0 fully saturated rings. The third-order valence-electron chi connectivity index (χ3n) is 3.52. The lowest BCUT2D eigenvalue weighted by atomic mass is 9.97. The summed E-state index contributed by atoms with van der Waals surface area (Å²) in [6.07, 6.45) is 0. The molecule has 0 aliphatic carbocycles. The average molecular weight is 235 g/mol. The molecule has 0 saturated carbocycles. The molecule has 3 aromatic rings. The van der Waals surface area contributed by atoms with E-state index >= 15 is 0 Å². The minimum atomic E-state index is 1.30. The van der Waals surface area contributed by atoms with Crippen molar-refractivity contribution < 1.29 is 0 Å². The summed E-state index contributed by atoms with van der Waals surface area (Å²) in [4.78, 5) is 2.22. The molecule has 3 aromatic carbocycles. The largest absolute Gasteiger partial charge is 0.377 e. The SMILES string of the molecule is Cc1cccc2cc3ccccc3c(N(C)C)c12. The van der Waals surface area contributed by atoms with Crippen LogP contribution >= 0.6 is 0 Å². The number of hydrogen-bond acceptors (Lipinski definition) is 1. The molecule has 0 aromatic heterocycles. The van der Waals surface area contributed by atoms with Crippen LogP contribution < -0.4 is 4.90 Å². The third-order valence-corrected chi connectivity index (χ3v) is 3.52. The van der Waals surface area contributed by atoms with Crippen molar-refractivity contribution in [1.29, 1.82) is 0 Å². The van der Waals surface area contributed by atoms with Gasteiger partial charge in [0.2, 0.25) is 0 Å². The number of hydrogen-bond donors (Lipinski definition) is 0. The van der Waals surface area contributed by atoms with Crippen LogP contribution in [0.1, 0.15) is 5.56 Å². The highest BCUT2D eigenvalue weighted by molar-refractivity contribution is 6.12. The van der Waals surface area contributed by atoms with E-state index in [0.29, 0.717) is 0 Å². The summed E-state index contributed by atoms with van der Waals surface area (Å²) in [5, 5.41) is 5.31. The Morgan fingerprint density at radius 2 is 1.56 bits per heavy atom. The summed E-state index contributed by atoms with van der Waals surface area (Å²) in [6, 6.07) is 17.4. The lowest BCUT2D eigenvalue weighted by Gasteiger charge is -2.20. The Morgan fingerprint density at radius 1 is 0.833 bits per heavy atom. The molecule has 0 N–H and O–H groups in total. The van der Waals surface area contributed by atoms with E-state index in [1.54, 1.807) is 0 Å². The molecule has 18 heavy (non-hydrogen) atoms. The first-order chi connectivity index (χ1) is 8.68. The van der Waals surface area contributed by atoms with E-state index in [0.717, 1.165) is 0 Å². The summed E-state index contributed by atoms with van der Waals surface area (Å²) in [5.74, 6) is 0. The fourth-order valence-corrected chi connectivity index (χ4v) is 2.74. The van der Waals surface area contributed by atoms with Crippen molar-refractivity contribution in [3.63, 3.8) is 0 Å². The lowest BCUT2D eigenvalue weighted by molar-refractivity contribution is 1.15. The monoisotopic (exact) mass is 235 g/mol. The maximum atomic E-state index is 2.28. The quantitative estimate of drug-likeness (QED) is 0.566. The first kappa shape index (κ1) is 11.1. The maximum absolute atomic E-state index is 2.28. The van der Waals surface area contributed by atoms with Crippen LogP contribution in [0, 0.1) is 6.92 Å². The van der Waals surface area contributed by atoms with Crippen LogP contribution in [0.15, 0.2) is 48.5 Å². The topological polar surface area (TPSA) is 3.24 Å². The summed E-state index contributed by atoms with van der Waals surface area (Å²) in [6.45, 7) is 2.18. The highest BCUT2D eigenvalue weighted by atomic mass is 15.1. The standard InChI is InChI=1S/C17H17N/c1-12-7-6-9-14-11-13-8-4-5-10-15(13)17(16(12)14)18(2)3/h4-11H,1-3H3. The molecule has 0 amide bonds. The van der Waals surface area contributed by atoms with Crippen molar-refractivity contribution in [2.45, 2.75) is 6.92 Å². The zero-order valence-electron chi connectivity index (χ0n) is 11.1. The molecule has 0 aliphatic rings. The Bertz CT molecular complexity index is 726. The third kappa shape index (κ3) is 1.55. The van der Waals surface area contributed by atoms with Crippen molar-refractivity contribution in [3.05, 3.63) is 54.1 Å². The van der Waals surface area contributed by atoms with Gasteiger partial charge in [-0.2, -0.15) is 0 Å². The van der Waals surface area contributed by atoms with E-state index in [9.17, 15) is 0 Å². The van der Waals surface area contributed by atoms with Gasteiger partial charge in [-0.15, -0.1) is 0 Å². The molecule has 90 valence electrons. The number of rotatable bonds is 1. The minimum absolute atomic E-state index is 1.30. The van der Waals surface area contributed by atoms with Gasteiger partial charge < -0.3 is 4.90 Å². The summed E-state index contributed by atoms with van der Waals surface area (Å²) in [7, 11) is 4.24. The maximum Gasteiger partial charge on any atom is 0.0523 e. The van der Waals surface area contributed by atoms with Gasteiger partial charge in [-0.25, -0.2) is 0 Å². The second-order valence-corrected chi connectivity index (χ2v) is 5.01. The van der Waals surface area contributed by atoms with Gasteiger partial charge in [0.1, 0.15) is 0 Å². The Morgan fingerprint density at radius 3 is 2.33 bits per heavy atom. The van der Waals surface area contributed by atoms with E-state index < -0.39 is 0 Å². The molecule has 1 heteroatoms. The van der Waals surface area contributed by atoms with Gasteiger partial charge >= 0.3 is 0 Å². The summed E-state index contributed by atoms with van der Waals surface area (Å²) in [5.41, 5.74) is 2.66. The van der Waals surface area contributed by atoms with E-state index in [1.165, 1.54) is 32.8 Å². The number of benzene rings is 3. The Labute approximate surface area is 108 Å².